The first-order chi connectivity index (χ1) is 19.2. The molecular weight excluding hydrogens is 567 g/mol. The van der Waals surface area contributed by atoms with Crippen LogP contribution in [-0.4, -0.2) is 15.8 Å². The van der Waals surface area contributed by atoms with Crippen LogP contribution in [0.1, 0.15) is 0 Å². The van der Waals surface area contributed by atoms with E-state index in [0.29, 0.717) is 5.82 Å². The Labute approximate surface area is 239 Å². The molecule has 0 bridgehead atoms. The fourth-order valence-electron chi connectivity index (χ4n) is 4.63. The van der Waals surface area contributed by atoms with Crippen LogP contribution in [-0.2, 0) is 7.05 Å². The Morgan fingerprint density at radius 1 is 0.675 bits per heavy atom. The number of nitrogens with zero attached hydrogens (tertiary/aromatic N) is 2. The molecule has 5 aromatic rings. The number of benzene rings is 4. The molecule has 1 aromatic heterocycles. The zero-order valence-electron chi connectivity index (χ0n) is 21.7. The van der Waals surface area contributed by atoms with Crippen LogP contribution in [0.4, 0.5) is 0 Å². The first-order valence-electron chi connectivity index (χ1n) is 12.1. The van der Waals surface area contributed by atoms with E-state index in [-0.39, 0.29) is 5.56 Å². The number of thioether (sulfide) groups is 1. The number of halogens is 1. The molecule has 0 N–H and O–H groups in total. The van der Waals surface area contributed by atoms with Crippen LogP contribution in [0, 0.1) is 10.2 Å². The van der Waals surface area contributed by atoms with Crippen LogP contribution in [0.25, 0.3) is 11.4 Å². The third kappa shape index (κ3) is 6.35. The van der Waals surface area contributed by atoms with Crippen molar-refractivity contribution in [1.29, 1.82) is 0 Å². The third-order valence-corrected chi connectivity index (χ3v) is 11.4. The zero-order valence-corrected chi connectivity index (χ0v) is 24.2. The summed E-state index contributed by atoms with van der Waals surface area (Å²) in [6.45, 7) is 0. The molecule has 0 aliphatic carbocycles. The normalized spacial score (nSPS) is 11.4. The highest BCUT2D eigenvalue weighted by Crippen LogP contribution is 2.54. The van der Waals surface area contributed by atoms with Crippen LogP contribution < -0.4 is 45.4 Å². The molecule has 5 rings (SSSR count). The van der Waals surface area contributed by atoms with Gasteiger partial charge in [0.1, 0.15) is 26.8 Å². The summed E-state index contributed by atoms with van der Waals surface area (Å²) in [5.41, 5.74) is 0.921. The monoisotopic (exact) mass is 592 g/mol. The summed E-state index contributed by atoms with van der Waals surface area (Å²) in [5, 5.41) is 4.96. The largest absolute Gasteiger partial charge is 0.298 e. The van der Waals surface area contributed by atoms with Crippen LogP contribution in [0.2, 0.25) is 0 Å². The lowest BCUT2D eigenvalue weighted by atomic mass is 10.2. The van der Waals surface area contributed by atoms with Crippen molar-refractivity contribution >= 4 is 40.2 Å². The van der Waals surface area contributed by atoms with Crippen molar-refractivity contribution in [2.24, 2.45) is 7.05 Å². The van der Waals surface area contributed by atoms with Gasteiger partial charge in [0.25, 0.3) is 5.56 Å². The maximum absolute atomic E-state index is 14.4. The molecule has 204 valence electrons. The van der Waals surface area contributed by atoms with E-state index in [4.69, 9.17) is 23.6 Å². The minimum absolute atomic E-state index is 0.00639. The van der Waals surface area contributed by atoms with Crippen LogP contribution in [0.5, 0.6) is 0 Å². The Bertz CT molecular complexity index is 1500. The molecular formula is C30H26ClN2O5PS. The molecule has 40 heavy (non-hydrogen) atoms. The summed E-state index contributed by atoms with van der Waals surface area (Å²) in [6.07, 6.45) is 2.01. The molecule has 1 heterocycles. The number of rotatable bonds is 6. The van der Waals surface area contributed by atoms with E-state index in [0.717, 1.165) is 31.8 Å². The van der Waals surface area contributed by atoms with Gasteiger partial charge in [-0.15, -0.1) is 22.0 Å². The van der Waals surface area contributed by atoms with E-state index in [1.807, 2.05) is 61.8 Å². The predicted molar refractivity (Wildman–Crippen MR) is 151 cm³/mol. The molecule has 0 aliphatic rings. The van der Waals surface area contributed by atoms with Crippen LogP contribution in [0.15, 0.2) is 131 Å². The van der Waals surface area contributed by atoms with E-state index >= 15 is 0 Å². The van der Waals surface area contributed by atoms with Gasteiger partial charge in [-0.1, -0.05) is 84.9 Å². The summed E-state index contributed by atoms with van der Waals surface area (Å²) in [4.78, 5) is 19.6. The maximum atomic E-state index is 14.4. The third-order valence-electron chi connectivity index (χ3n) is 6.23. The lowest BCUT2D eigenvalue weighted by Gasteiger charge is -2.28. The fraction of sp³-hybridized carbons (Fsp3) is 0.0667. The van der Waals surface area contributed by atoms with E-state index in [1.54, 1.807) is 16.3 Å². The van der Waals surface area contributed by atoms with Gasteiger partial charge in [-0.3, -0.25) is 9.36 Å². The quantitative estimate of drug-likeness (QED) is 0.155. The maximum Gasteiger partial charge on any atom is 0.298 e. The minimum atomic E-state index is -4.94. The molecule has 0 fully saturated rings. The van der Waals surface area contributed by atoms with E-state index in [1.165, 1.54) is 0 Å². The second-order valence-electron chi connectivity index (χ2n) is 8.58. The average molecular weight is 593 g/mol. The molecule has 0 radical (unpaired) electrons. The van der Waals surface area contributed by atoms with E-state index in [2.05, 4.69) is 72.8 Å². The highest BCUT2D eigenvalue weighted by molar-refractivity contribution is 8.04. The molecule has 0 amide bonds. The number of hydrogen-bond donors (Lipinski definition) is 0. The lowest BCUT2D eigenvalue weighted by molar-refractivity contribution is -2.00. The molecule has 10 heteroatoms. The van der Waals surface area contributed by atoms with Gasteiger partial charge in [0.15, 0.2) is 7.26 Å². The molecule has 0 saturated heterocycles. The summed E-state index contributed by atoms with van der Waals surface area (Å²) >= 11 is 1.54. The first-order valence-corrected chi connectivity index (χ1v) is 16.3. The average Bonchev–Trinajstić information content (AvgIpc) is 2.97. The smallest absolute Gasteiger partial charge is 0.292 e. The number of hydrogen-bond acceptors (Lipinski definition) is 7. The van der Waals surface area contributed by atoms with Gasteiger partial charge in [0.2, 0.25) is 5.30 Å². The van der Waals surface area contributed by atoms with E-state index < -0.39 is 17.5 Å². The van der Waals surface area contributed by atoms with Crippen molar-refractivity contribution < 1.29 is 28.9 Å². The van der Waals surface area contributed by atoms with Gasteiger partial charge in [-0.05, 0) is 42.7 Å². The highest BCUT2D eigenvalue weighted by Gasteiger charge is 2.52. The van der Waals surface area contributed by atoms with Crippen molar-refractivity contribution in [1.82, 2.24) is 9.55 Å². The number of aromatic nitrogens is 2. The Morgan fingerprint density at radius 3 is 1.38 bits per heavy atom. The van der Waals surface area contributed by atoms with Crippen molar-refractivity contribution in [3.8, 4) is 11.4 Å². The van der Waals surface area contributed by atoms with Gasteiger partial charge in [0.05, 0.1) is 0 Å². The summed E-state index contributed by atoms with van der Waals surface area (Å²) < 4.78 is 35.7. The Hall–Kier alpha value is -3.33. The molecule has 4 aromatic carbocycles. The summed E-state index contributed by atoms with van der Waals surface area (Å²) in [6, 6.07) is 41.3. The Balaban J connectivity index is 0.000000681. The Morgan fingerprint density at radius 2 is 1.02 bits per heavy atom. The van der Waals surface area contributed by atoms with Gasteiger partial charge >= 0.3 is 0 Å². The molecule has 7 nitrogen and oxygen atoms in total. The molecule has 0 atom stereocenters. The Kier molecular flexibility index (Phi) is 9.56. The SMILES string of the molecule is CSc1nc(-c2ccccc2)n(C)c(=O)c1[P+](c1ccccc1)(c1ccccc1)c1ccccc1.[O-][Cl+3]([O-])([O-])[O-]. The van der Waals surface area contributed by atoms with Crippen LogP contribution in [0.3, 0.4) is 0 Å². The van der Waals surface area contributed by atoms with Gasteiger partial charge in [-0.2, -0.15) is 0 Å². The second kappa shape index (κ2) is 12.9. The molecule has 0 aliphatic heterocycles. The van der Waals surface area contributed by atoms with Crippen molar-refractivity contribution in [3.05, 3.63) is 132 Å². The minimum Gasteiger partial charge on any atom is -0.292 e. The summed E-state index contributed by atoms with van der Waals surface area (Å²) in [7, 11) is -5.66. The van der Waals surface area contributed by atoms with Gasteiger partial charge in [0, 0.05) is 12.6 Å². The van der Waals surface area contributed by atoms with E-state index in [9.17, 15) is 4.79 Å². The summed E-state index contributed by atoms with van der Waals surface area (Å²) in [5.74, 6) is 0.677. The van der Waals surface area contributed by atoms with Crippen molar-refractivity contribution in [2.45, 2.75) is 5.03 Å². The molecule has 0 unspecified atom stereocenters. The van der Waals surface area contributed by atoms with Crippen molar-refractivity contribution in [3.63, 3.8) is 0 Å². The zero-order chi connectivity index (χ0) is 28.8. The second-order valence-corrected chi connectivity index (χ2v) is 13.5. The standard InChI is InChI=1S/C30H26N2OPS.ClHO4/c1-32-28(23-15-7-3-8-16-23)31-29(35-2)27(30(32)33)34(24-17-9-4-10-18-24,25-19-11-5-12-20-25)26-21-13-6-14-22-26;2-1(3,4)5/h3-22H,1-2H3;(H,2,3,4,5)/q+1;/p-1. The molecule has 0 saturated carbocycles. The van der Waals surface area contributed by atoms with Gasteiger partial charge < -0.3 is 0 Å². The molecule has 0 spiro atoms. The predicted octanol–water partition coefficient (Wildman–Crippen LogP) is 0.0326. The first kappa shape index (κ1) is 29.6. The van der Waals surface area contributed by atoms with Gasteiger partial charge in [-0.25, -0.2) is 23.6 Å². The fourth-order valence-corrected chi connectivity index (χ4v) is 10.1. The topological polar surface area (TPSA) is 127 Å². The lowest BCUT2D eigenvalue weighted by Crippen LogP contribution is -2.68. The highest BCUT2D eigenvalue weighted by atomic mass is 35.7. The van der Waals surface area contributed by atoms with Crippen molar-refractivity contribution in [2.75, 3.05) is 6.26 Å². The van der Waals surface area contributed by atoms with Crippen LogP contribution >= 0.6 is 19.0 Å².